The molecule has 2 aliphatic rings. The molecule has 1 aliphatic heterocycles. The molecular weight excluding hydrogens is 867 g/mol. The quantitative estimate of drug-likeness (QED) is 0.0797. The number of nitriles is 1. The molecule has 2 heterocycles. The number of nitrogens with one attached hydrogen (secondary N) is 4. The van der Waals surface area contributed by atoms with Gasteiger partial charge >= 0.3 is 0 Å². The number of hydrogen-bond acceptors (Lipinski definition) is 13. The number of rotatable bonds is 16. The average molecular weight is 930 g/mol. The molecule has 6 rings (SSSR count). The van der Waals surface area contributed by atoms with Crippen LogP contribution in [0.4, 0.5) is 0 Å². The number of fused-ring (bicyclic) bond motifs is 5. The molecule has 1 fully saturated rings. The van der Waals surface area contributed by atoms with Gasteiger partial charge in [0.25, 0.3) is 5.91 Å². The van der Waals surface area contributed by atoms with Crippen molar-refractivity contribution in [1.82, 2.24) is 36.1 Å². The Bertz CT molecular complexity index is 2480. The monoisotopic (exact) mass is 929 g/mol. The van der Waals surface area contributed by atoms with E-state index >= 15 is 0 Å². The largest absolute Gasteiger partial charge is 0.492 e. The lowest BCUT2D eigenvalue weighted by Gasteiger charge is -2.32. The molecule has 0 saturated heterocycles. The Morgan fingerprint density at radius 2 is 1.46 bits per heavy atom. The number of aryl methyl sites for hydroxylation is 2. The van der Waals surface area contributed by atoms with E-state index in [1.807, 2.05) is 18.2 Å². The maximum atomic E-state index is 14.8. The van der Waals surface area contributed by atoms with E-state index in [0.29, 0.717) is 56.9 Å². The van der Waals surface area contributed by atoms with Crippen LogP contribution in [0.1, 0.15) is 95.8 Å². The molecule has 1 aromatic heterocycles. The molecular formula is C50H63N11O7. The number of carbonyl (C=O) groups is 5. The van der Waals surface area contributed by atoms with Gasteiger partial charge < -0.3 is 52.8 Å². The number of nitrogens with two attached hydrogens (primary N) is 3. The summed E-state index contributed by atoms with van der Waals surface area (Å²) in [5.41, 5.74) is 22.8. The third kappa shape index (κ3) is 12.1. The molecule has 10 N–H and O–H groups in total. The minimum Gasteiger partial charge on any atom is -0.492 e. The van der Waals surface area contributed by atoms with Crippen molar-refractivity contribution in [3.63, 3.8) is 0 Å². The van der Waals surface area contributed by atoms with Crippen LogP contribution < -0.4 is 47.9 Å². The van der Waals surface area contributed by atoms with Crippen LogP contribution >= 0.6 is 0 Å². The lowest BCUT2D eigenvalue weighted by Crippen LogP contribution is -2.56. The van der Waals surface area contributed by atoms with E-state index in [9.17, 15) is 29.2 Å². The summed E-state index contributed by atoms with van der Waals surface area (Å²) >= 11 is 0. The summed E-state index contributed by atoms with van der Waals surface area (Å²) in [7, 11) is 1.43. The molecule has 4 atom stereocenters. The molecule has 68 heavy (non-hydrogen) atoms. The van der Waals surface area contributed by atoms with Crippen molar-refractivity contribution in [2.75, 3.05) is 46.4 Å². The minimum atomic E-state index is -1.40. The zero-order chi connectivity index (χ0) is 48.9. The first-order valence-electron chi connectivity index (χ1n) is 23.2. The summed E-state index contributed by atoms with van der Waals surface area (Å²) in [5.74, 6) is -1.51. The van der Waals surface area contributed by atoms with Gasteiger partial charge in [-0.3, -0.25) is 24.0 Å². The van der Waals surface area contributed by atoms with Crippen molar-refractivity contribution in [2.24, 2.45) is 17.2 Å². The van der Waals surface area contributed by atoms with E-state index in [1.165, 1.54) is 56.5 Å². The lowest BCUT2D eigenvalue weighted by molar-refractivity contribution is -0.141. The second-order valence-corrected chi connectivity index (χ2v) is 17.2. The minimum absolute atomic E-state index is 0.00406. The smallest absolute Gasteiger partial charge is 0.255 e. The van der Waals surface area contributed by atoms with Gasteiger partial charge in [-0.25, -0.2) is 9.97 Å². The van der Waals surface area contributed by atoms with Crippen LogP contribution in [0.15, 0.2) is 60.7 Å². The van der Waals surface area contributed by atoms with Gasteiger partial charge in [0.05, 0.1) is 23.0 Å². The number of aromatic nitrogens is 2. The molecule has 0 radical (unpaired) electrons. The van der Waals surface area contributed by atoms with Crippen molar-refractivity contribution in [2.45, 2.75) is 95.8 Å². The Morgan fingerprint density at radius 1 is 0.838 bits per heavy atom. The van der Waals surface area contributed by atoms with E-state index in [1.54, 1.807) is 50.2 Å². The van der Waals surface area contributed by atoms with Crippen LogP contribution in [-0.4, -0.2) is 109 Å². The van der Waals surface area contributed by atoms with E-state index in [-0.39, 0.29) is 57.8 Å². The molecule has 1 aliphatic carbocycles. The molecule has 4 bridgehead atoms. The molecule has 5 amide bonds. The van der Waals surface area contributed by atoms with Crippen LogP contribution in [0.2, 0.25) is 0 Å². The van der Waals surface area contributed by atoms with Crippen molar-refractivity contribution < 1.29 is 33.4 Å². The summed E-state index contributed by atoms with van der Waals surface area (Å²) in [4.78, 5) is 81.3. The number of amides is 5. The number of nitrogens with zero attached hydrogens (tertiary/aromatic N) is 4. The fourth-order valence-electron chi connectivity index (χ4n) is 8.87. The first-order chi connectivity index (χ1) is 32.8. The maximum Gasteiger partial charge on any atom is 0.255 e. The predicted octanol–water partition coefficient (Wildman–Crippen LogP) is 2.98. The third-order valence-corrected chi connectivity index (χ3v) is 12.4. The highest BCUT2D eigenvalue weighted by atomic mass is 16.5. The molecule has 3 aromatic carbocycles. The summed E-state index contributed by atoms with van der Waals surface area (Å²) in [5, 5.41) is 20.0. The summed E-state index contributed by atoms with van der Waals surface area (Å²) < 4.78 is 12.2. The van der Waals surface area contributed by atoms with Crippen molar-refractivity contribution >= 4 is 29.5 Å². The summed E-state index contributed by atoms with van der Waals surface area (Å²) in [6, 6.07) is 15.4. The van der Waals surface area contributed by atoms with Gasteiger partial charge in [-0.15, -0.1) is 0 Å². The van der Waals surface area contributed by atoms with Crippen molar-refractivity contribution in [3.8, 4) is 40.1 Å². The number of carbonyl (C=O) groups excluding carboxylic acids is 5. The van der Waals surface area contributed by atoms with Gasteiger partial charge in [-0.2, -0.15) is 5.26 Å². The summed E-state index contributed by atoms with van der Waals surface area (Å²) in [6.07, 6.45) is 6.13. The number of hydrogen-bond donors (Lipinski definition) is 7. The number of likely N-dealkylation sites (N-methyl/N-ethyl adjacent to an activating group) is 1. The second-order valence-electron chi connectivity index (χ2n) is 17.2. The number of benzene rings is 3. The van der Waals surface area contributed by atoms with Gasteiger partial charge in [0, 0.05) is 43.2 Å². The van der Waals surface area contributed by atoms with Crippen LogP contribution in [-0.2, 0) is 25.6 Å². The fraction of sp³-hybridized carbons (Fsp3) is 0.440. The molecule has 1 unspecified atom stereocenters. The molecule has 18 nitrogen and oxygen atoms in total. The van der Waals surface area contributed by atoms with Gasteiger partial charge in [-0.1, -0.05) is 55.7 Å². The Morgan fingerprint density at radius 3 is 2.07 bits per heavy atom. The van der Waals surface area contributed by atoms with E-state index in [0.717, 1.165) is 5.56 Å². The zero-order valence-electron chi connectivity index (χ0n) is 39.2. The van der Waals surface area contributed by atoms with Crippen molar-refractivity contribution in [1.29, 1.82) is 5.26 Å². The van der Waals surface area contributed by atoms with Crippen LogP contribution in [0, 0.1) is 25.2 Å². The normalized spacial score (nSPS) is 17.9. The Labute approximate surface area is 397 Å². The van der Waals surface area contributed by atoms with Gasteiger partial charge in [0.1, 0.15) is 55.4 Å². The third-order valence-electron chi connectivity index (χ3n) is 12.4. The average Bonchev–Trinajstić information content (AvgIpc) is 3.33. The first kappa shape index (κ1) is 50.5. The van der Waals surface area contributed by atoms with Crippen LogP contribution in [0.25, 0.3) is 22.5 Å². The summed E-state index contributed by atoms with van der Waals surface area (Å²) in [6.45, 7) is 5.26. The molecule has 4 aromatic rings. The van der Waals surface area contributed by atoms with Crippen LogP contribution in [0.3, 0.4) is 0 Å². The van der Waals surface area contributed by atoms with E-state index in [4.69, 9.17) is 36.6 Å². The van der Waals surface area contributed by atoms with Gasteiger partial charge in [0.2, 0.25) is 23.6 Å². The van der Waals surface area contributed by atoms with Gasteiger partial charge in [-0.05, 0) is 93.5 Å². The standard InChI is InChI=1S/C50H63N11O7/c1-29-43(30(2)57-45(56-29)35-13-11-34(12-14-35)33-8-6-5-7-9-33)48(64)59-39(18-19-51)50(66)61(4)44-36-15-17-42(68-25-22-54)38(28-36)37-26-32(10-16-41(37)67-24-21-53)27-40(47(63)55-23-20-52)60-46(62)31(3)58-49(44)65/h10-17,26,28,31,33,39-40,44H,5-9,18-19,21-25,27,51,53-54H2,1-4H3,(H,55,63)(H,58,65)(H,59,64)(H,60,62)/t31-,39?,40-,44-/m0/s1. The molecule has 18 heteroatoms. The first-order valence-corrected chi connectivity index (χ1v) is 23.2. The van der Waals surface area contributed by atoms with E-state index in [2.05, 4.69) is 33.4 Å². The Balaban J connectivity index is 1.36. The van der Waals surface area contributed by atoms with E-state index < -0.39 is 53.7 Å². The Hall–Kier alpha value is -6.94. The highest BCUT2D eigenvalue weighted by Gasteiger charge is 2.36. The maximum absolute atomic E-state index is 14.8. The Kier molecular flexibility index (Phi) is 17.6. The fourth-order valence-corrected chi connectivity index (χ4v) is 8.87. The highest BCUT2D eigenvalue weighted by molar-refractivity contribution is 6.00. The van der Waals surface area contributed by atoms with Crippen LogP contribution in [0.5, 0.6) is 11.5 Å². The lowest BCUT2D eigenvalue weighted by atomic mass is 9.84. The van der Waals surface area contributed by atoms with Crippen molar-refractivity contribution in [3.05, 3.63) is 94.3 Å². The molecule has 360 valence electrons. The zero-order valence-corrected chi connectivity index (χ0v) is 39.2. The second kappa shape index (κ2) is 23.7. The topological polar surface area (TPSA) is 283 Å². The highest BCUT2D eigenvalue weighted by Crippen LogP contribution is 2.40. The SMILES string of the molecule is Cc1nc(-c2ccc(C3CCCCC3)cc2)nc(C)c1C(=O)NC(CCN)C(=O)N(C)[C@@H]1C(=O)N[C@@H](C)C(=O)N[C@H](C(=O)NCC#N)Cc2ccc(OCCN)c(c2)-c2cc1ccc2OCCN. The molecule has 1 saturated carbocycles. The number of ether oxygens (including phenoxy) is 2. The molecule has 0 spiro atoms. The predicted molar refractivity (Wildman–Crippen MR) is 256 cm³/mol. The van der Waals surface area contributed by atoms with Gasteiger partial charge in [0.15, 0.2) is 5.82 Å².